The number of carbonyl (C=O) groups excluding carboxylic acids is 1. The van der Waals surface area contributed by atoms with E-state index in [1.54, 1.807) is 11.3 Å². The molecule has 2 aromatic rings. The van der Waals surface area contributed by atoms with Crippen LogP contribution in [0.15, 0.2) is 21.9 Å². The number of amides is 1. The van der Waals surface area contributed by atoms with E-state index in [2.05, 4.69) is 22.1 Å². The molecule has 0 aromatic carbocycles. The van der Waals surface area contributed by atoms with Crippen LogP contribution in [0.1, 0.15) is 18.4 Å². The van der Waals surface area contributed by atoms with Crippen LogP contribution in [0.5, 0.6) is 0 Å². The summed E-state index contributed by atoms with van der Waals surface area (Å²) in [7, 11) is 2.03. The van der Waals surface area contributed by atoms with Crippen molar-refractivity contribution < 1.29 is 9.21 Å². The second-order valence-electron chi connectivity index (χ2n) is 4.92. The van der Waals surface area contributed by atoms with Gasteiger partial charge in [-0.25, -0.2) is 4.98 Å². The minimum Gasteiger partial charge on any atom is -0.440 e. The average molecular weight is 307 g/mol. The molecule has 0 aliphatic carbocycles. The molecule has 0 aliphatic heterocycles. The van der Waals surface area contributed by atoms with Crippen LogP contribution in [0.2, 0.25) is 0 Å². The maximum atomic E-state index is 11.9. The first-order chi connectivity index (χ1) is 10.1. The van der Waals surface area contributed by atoms with Crippen LogP contribution in [-0.4, -0.2) is 42.5 Å². The predicted octanol–water partition coefficient (Wildman–Crippen LogP) is 2.32. The van der Waals surface area contributed by atoms with Crippen molar-refractivity contribution in [2.45, 2.75) is 20.3 Å². The van der Waals surface area contributed by atoms with E-state index >= 15 is 0 Å². The molecule has 1 N–H and O–H groups in total. The topological polar surface area (TPSA) is 58.4 Å². The number of nitrogens with zero attached hydrogens (tertiary/aromatic N) is 2. The summed E-state index contributed by atoms with van der Waals surface area (Å²) in [5.41, 5.74) is 0.708. The summed E-state index contributed by atoms with van der Waals surface area (Å²) >= 11 is 1.57. The summed E-state index contributed by atoms with van der Waals surface area (Å²) in [4.78, 5) is 19.5. The standard InChI is InChI=1S/C15H21N3O2S/c1-4-18(3)8-7-16-14(19)10-12-11(2)20-15(17-12)13-6-5-9-21-13/h5-6,9H,4,7-8,10H2,1-3H3,(H,16,19). The zero-order valence-electron chi connectivity index (χ0n) is 12.7. The molecule has 21 heavy (non-hydrogen) atoms. The fourth-order valence-electron chi connectivity index (χ4n) is 1.86. The normalized spacial score (nSPS) is 11.0. The van der Waals surface area contributed by atoms with E-state index in [1.807, 2.05) is 31.5 Å². The Bertz CT molecular complexity index is 578. The summed E-state index contributed by atoms with van der Waals surface area (Å²) in [6, 6.07) is 3.91. The maximum Gasteiger partial charge on any atom is 0.236 e. The van der Waals surface area contributed by atoms with E-state index in [1.165, 1.54) is 0 Å². The molecule has 2 rings (SSSR count). The average Bonchev–Trinajstić information content (AvgIpc) is 3.09. The zero-order chi connectivity index (χ0) is 15.2. The third-order valence-electron chi connectivity index (χ3n) is 3.31. The van der Waals surface area contributed by atoms with Crippen molar-refractivity contribution in [2.75, 3.05) is 26.7 Å². The highest BCUT2D eigenvalue weighted by atomic mass is 32.1. The Kier molecular flexibility index (Phi) is 5.52. The number of oxazole rings is 1. The molecule has 0 bridgehead atoms. The number of likely N-dealkylation sites (N-methyl/N-ethyl adjacent to an activating group) is 1. The van der Waals surface area contributed by atoms with E-state index in [0.29, 0.717) is 23.9 Å². The molecule has 0 unspecified atom stereocenters. The fraction of sp³-hybridized carbons (Fsp3) is 0.467. The Hall–Kier alpha value is -1.66. The van der Waals surface area contributed by atoms with Gasteiger partial charge in [-0.1, -0.05) is 13.0 Å². The van der Waals surface area contributed by atoms with E-state index in [-0.39, 0.29) is 12.3 Å². The van der Waals surface area contributed by atoms with Gasteiger partial charge in [-0.3, -0.25) is 4.79 Å². The SMILES string of the molecule is CCN(C)CCNC(=O)Cc1nc(-c2cccs2)oc1C. The molecule has 0 spiro atoms. The molecule has 2 aromatic heterocycles. The highest BCUT2D eigenvalue weighted by Crippen LogP contribution is 2.25. The van der Waals surface area contributed by atoms with Gasteiger partial charge in [-0.2, -0.15) is 0 Å². The van der Waals surface area contributed by atoms with Crippen LogP contribution in [-0.2, 0) is 11.2 Å². The summed E-state index contributed by atoms with van der Waals surface area (Å²) in [6.45, 7) is 6.41. The first-order valence-electron chi connectivity index (χ1n) is 7.05. The number of hydrogen-bond acceptors (Lipinski definition) is 5. The lowest BCUT2D eigenvalue weighted by Gasteiger charge is -2.13. The number of hydrogen-bond donors (Lipinski definition) is 1. The van der Waals surface area contributed by atoms with Crippen molar-refractivity contribution in [3.05, 3.63) is 29.0 Å². The quantitative estimate of drug-likeness (QED) is 0.853. The van der Waals surface area contributed by atoms with Crippen LogP contribution < -0.4 is 5.32 Å². The summed E-state index contributed by atoms with van der Waals surface area (Å²) < 4.78 is 5.63. The van der Waals surface area contributed by atoms with Crippen LogP contribution >= 0.6 is 11.3 Å². The minimum absolute atomic E-state index is 0.0198. The smallest absolute Gasteiger partial charge is 0.236 e. The van der Waals surface area contributed by atoms with Crippen molar-refractivity contribution in [2.24, 2.45) is 0 Å². The molecular weight excluding hydrogens is 286 g/mol. The van der Waals surface area contributed by atoms with Gasteiger partial charge in [0.1, 0.15) is 5.76 Å². The fourth-order valence-corrected chi connectivity index (χ4v) is 2.51. The van der Waals surface area contributed by atoms with Gasteiger partial charge in [-0.15, -0.1) is 11.3 Å². The number of thiophene rings is 1. The van der Waals surface area contributed by atoms with Gasteiger partial charge >= 0.3 is 0 Å². The second-order valence-corrected chi connectivity index (χ2v) is 5.87. The Labute approximate surface area is 129 Å². The predicted molar refractivity (Wildman–Crippen MR) is 84.4 cm³/mol. The third-order valence-corrected chi connectivity index (χ3v) is 4.17. The van der Waals surface area contributed by atoms with Gasteiger partial charge in [0.2, 0.25) is 11.8 Å². The molecule has 0 aliphatic rings. The number of nitrogens with one attached hydrogen (secondary N) is 1. The molecule has 5 nitrogen and oxygen atoms in total. The summed E-state index contributed by atoms with van der Waals surface area (Å²) in [6.07, 6.45) is 0.260. The van der Waals surface area contributed by atoms with Gasteiger partial charge in [0, 0.05) is 13.1 Å². The van der Waals surface area contributed by atoms with Gasteiger partial charge in [0.15, 0.2) is 0 Å². The van der Waals surface area contributed by atoms with Crippen molar-refractivity contribution in [3.8, 4) is 10.8 Å². The number of carbonyl (C=O) groups is 1. The molecule has 6 heteroatoms. The van der Waals surface area contributed by atoms with E-state index < -0.39 is 0 Å². The molecule has 2 heterocycles. The molecule has 0 saturated carbocycles. The molecule has 1 amide bonds. The van der Waals surface area contributed by atoms with E-state index in [9.17, 15) is 4.79 Å². The molecule has 0 fully saturated rings. The maximum absolute atomic E-state index is 11.9. The van der Waals surface area contributed by atoms with E-state index in [4.69, 9.17) is 4.42 Å². The number of aromatic nitrogens is 1. The zero-order valence-corrected chi connectivity index (χ0v) is 13.5. The second kappa shape index (κ2) is 7.38. The monoisotopic (exact) mass is 307 g/mol. The number of aryl methyl sites for hydroxylation is 1. The third kappa shape index (κ3) is 4.41. The number of rotatable bonds is 7. The minimum atomic E-state index is -0.0198. The Morgan fingerprint density at radius 2 is 2.33 bits per heavy atom. The Morgan fingerprint density at radius 3 is 3.00 bits per heavy atom. The Balaban J connectivity index is 1.89. The summed E-state index contributed by atoms with van der Waals surface area (Å²) in [5, 5.41) is 4.89. The largest absolute Gasteiger partial charge is 0.440 e. The van der Waals surface area contributed by atoms with Gasteiger partial charge in [0.05, 0.1) is 17.0 Å². The van der Waals surface area contributed by atoms with Crippen LogP contribution in [0.25, 0.3) is 10.8 Å². The molecule has 0 saturated heterocycles. The van der Waals surface area contributed by atoms with Crippen molar-refractivity contribution in [3.63, 3.8) is 0 Å². The van der Waals surface area contributed by atoms with Crippen LogP contribution in [0, 0.1) is 6.92 Å². The first-order valence-corrected chi connectivity index (χ1v) is 7.93. The summed E-state index contributed by atoms with van der Waals surface area (Å²) in [5.74, 6) is 1.28. The lowest BCUT2D eigenvalue weighted by molar-refractivity contribution is -0.120. The lowest BCUT2D eigenvalue weighted by Crippen LogP contribution is -2.33. The van der Waals surface area contributed by atoms with Gasteiger partial charge < -0.3 is 14.6 Å². The highest BCUT2D eigenvalue weighted by molar-refractivity contribution is 7.13. The highest BCUT2D eigenvalue weighted by Gasteiger charge is 2.15. The van der Waals surface area contributed by atoms with Crippen LogP contribution in [0.4, 0.5) is 0 Å². The lowest BCUT2D eigenvalue weighted by atomic mass is 10.2. The van der Waals surface area contributed by atoms with Gasteiger partial charge in [0.25, 0.3) is 0 Å². The molecule has 114 valence electrons. The van der Waals surface area contributed by atoms with Crippen molar-refractivity contribution >= 4 is 17.2 Å². The molecule has 0 radical (unpaired) electrons. The van der Waals surface area contributed by atoms with E-state index in [0.717, 1.165) is 18.0 Å². The van der Waals surface area contributed by atoms with Crippen molar-refractivity contribution in [1.82, 2.24) is 15.2 Å². The Morgan fingerprint density at radius 1 is 1.52 bits per heavy atom. The molecule has 0 atom stereocenters. The van der Waals surface area contributed by atoms with Crippen LogP contribution in [0.3, 0.4) is 0 Å². The molecular formula is C15H21N3O2S. The first kappa shape index (κ1) is 15.7. The van der Waals surface area contributed by atoms with Crippen molar-refractivity contribution in [1.29, 1.82) is 0 Å². The van der Waals surface area contributed by atoms with Gasteiger partial charge in [-0.05, 0) is 32.0 Å².